The van der Waals surface area contributed by atoms with E-state index >= 15 is 0 Å². The Balaban J connectivity index is 0.000000526. The first kappa shape index (κ1) is 16.1. The lowest BCUT2D eigenvalue weighted by Gasteiger charge is -2.28. The van der Waals surface area contributed by atoms with Crippen molar-refractivity contribution in [2.75, 3.05) is 13.1 Å². The lowest BCUT2D eigenvalue weighted by molar-refractivity contribution is -0.122. The van der Waals surface area contributed by atoms with Gasteiger partial charge in [0.2, 0.25) is 0 Å². The van der Waals surface area contributed by atoms with E-state index in [4.69, 9.17) is 9.90 Å². The standard InChI is InChI=1S/C18H17NO2.CH2O2/c20-17-7-6-12-14(18(17)21)8-13(11-4-2-1-3-5-11)16-10-19-9-15(12)16;2-1-3/h1-7,13,19-21H,8-10H2;1H,(H,2,3). The number of phenolic OH excluding ortho intramolecular Hbond substituents is 2. The third-order valence-electron chi connectivity index (χ3n) is 4.62. The molecule has 0 amide bonds. The van der Waals surface area contributed by atoms with E-state index in [-0.39, 0.29) is 23.9 Å². The van der Waals surface area contributed by atoms with Crippen LogP contribution in [0.15, 0.2) is 48.0 Å². The van der Waals surface area contributed by atoms with Crippen LogP contribution in [0.3, 0.4) is 0 Å². The molecule has 2 aromatic rings. The Labute approximate surface area is 139 Å². The highest BCUT2D eigenvalue weighted by Gasteiger charge is 2.32. The third-order valence-corrected chi connectivity index (χ3v) is 4.62. The number of rotatable bonds is 1. The van der Waals surface area contributed by atoms with Crippen LogP contribution in [-0.2, 0) is 11.2 Å². The molecule has 2 aliphatic rings. The normalized spacial score (nSPS) is 18.2. The molecule has 1 aliphatic heterocycles. The van der Waals surface area contributed by atoms with Crippen LogP contribution in [0.25, 0.3) is 5.57 Å². The highest BCUT2D eigenvalue weighted by Crippen LogP contribution is 2.46. The second kappa shape index (κ2) is 6.76. The van der Waals surface area contributed by atoms with Gasteiger partial charge in [-0.1, -0.05) is 36.4 Å². The van der Waals surface area contributed by atoms with E-state index in [1.54, 1.807) is 6.07 Å². The minimum atomic E-state index is -0.250. The number of fused-ring (bicyclic) bond motifs is 2. The molecule has 1 atom stereocenters. The first-order valence-electron chi connectivity index (χ1n) is 7.77. The minimum absolute atomic E-state index is 0.0319. The summed E-state index contributed by atoms with van der Waals surface area (Å²) in [7, 11) is 0. The smallest absolute Gasteiger partial charge is 0.290 e. The van der Waals surface area contributed by atoms with Gasteiger partial charge >= 0.3 is 0 Å². The predicted molar refractivity (Wildman–Crippen MR) is 91.1 cm³/mol. The van der Waals surface area contributed by atoms with Gasteiger partial charge in [0.1, 0.15) is 0 Å². The number of benzene rings is 2. The molecule has 124 valence electrons. The summed E-state index contributed by atoms with van der Waals surface area (Å²) in [5.41, 5.74) is 5.91. The SMILES string of the molecule is O=CO.Oc1ccc2c(c1O)CC(c1ccccc1)C1=C2CNC1. The summed E-state index contributed by atoms with van der Waals surface area (Å²) < 4.78 is 0. The van der Waals surface area contributed by atoms with Crippen molar-refractivity contribution in [3.8, 4) is 11.5 Å². The summed E-state index contributed by atoms with van der Waals surface area (Å²) >= 11 is 0. The molecule has 1 heterocycles. The van der Waals surface area contributed by atoms with Crippen LogP contribution in [-0.4, -0.2) is 34.9 Å². The minimum Gasteiger partial charge on any atom is -0.504 e. The Hall–Kier alpha value is -2.79. The molecule has 5 heteroatoms. The molecular weight excluding hydrogens is 306 g/mol. The summed E-state index contributed by atoms with van der Waals surface area (Å²) in [6.45, 7) is 1.48. The Morgan fingerprint density at radius 1 is 1.04 bits per heavy atom. The summed E-state index contributed by atoms with van der Waals surface area (Å²) in [6, 6.07) is 13.9. The van der Waals surface area contributed by atoms with Gasteiger partial charge < -0.3 is 20.6 Å². The molecule has 1 unspecified atom stereocenters. The maximum absolute atomic E-state index is 10.2. The van der Waals surface area contributed by atoms with E-state index < -0.39 is 0 Å². The van der Waals surface area contributed by atoms with Crippen molar-refractivity contribution >= 4 is 12.0 Å². The van der Waals surface area contributed by atoms with Crippen LogP contribution in [0.4, 0.5) is 0 Å². The Kier molecular flexibility index (Phi) is 4.53. The van der Waals surface area contributed by atoms with Crippen molar-refractivity contribution in [2.24, 2.45) is 0 Å². The van der Waals surface area contributed by atoms with Gasteiger partial charge in [-0.05, 0) is 34.8 Å². The van der Waals surface area contributed by atoms with Crippen molar-refractivity contribution in [3.63, 3.8) is 0 Å². The number of aromatic hydroxyl groups is 2. The van der Waals surface area contributed by atoms with Crippen molar-refractivity contribution < 1.29 is 20.1 Å². The Morgan fingerprint density at radius 2 is 1.75 bits per heavy atom. The van der Waals surface area contributed by atoms with Gasteiger partial charge in [-0.15, -0.1) is 0 Å². The second-order valence-corrected chi connectivity index (χ2v) is 5.84. The number of hydrogen-bond acceptors (Lipinski definition) is 4. The molecule has 4 rings (SSSR count). The molecular formula is C19H19NO4. The van der Waals surface area contributed by atoms with Crippen LogP contribution < -0.4 is 5.32 Å². The molecule has 0 saturated carbocycles. The molecule has 1 aliphatic carbocycles. The fourth-order valence-corrected chi connectivity index (χ4v) is 3.59. The van der Waals surface area contributed by atoms with Gasteiger partial charge in [0.05, 0.1) is 0 Å². The van der Waals surface area contributed by atoms with Gasteiger partial charge in [0, 0.05) is 24.6 Å². The molecule has 5 nitrogen and oxygen atoms in total. The van der Waals surface area contributed by atoms with Gasteiger partial charge in [-0.25, -0.2) is 0 Å². The lowest BCUT2D eigenvalue weighted by Crippen LogP contribution is -2.15. The van der Waals surface area contributed by atoms with E-state index in [1.807, 2.05) is 12.1 Å². The van der Waals surface area contributed by atoms with Crippen LogP contribution in [0.2, 0.25) is 0 Å². The molecule has 0 spiro atoms. The maximum Gasteiger partial charge on any atom is 0.290 e. The summed E-state index contributed by atoms with van der Waals surface area (Å²) in [5, 5.41) is 30.3. The van der Waals surface area contributed by atoms with E-state index in [0.717, 1.165) is 30.6 Å². The highest BCUT2D eigenvalue weighted by atomic mass is 16.3. The highest BCUT2D eigenvalue weighted by molar-refractivity contribution is 5.80. The zero-order valence-corrected chi connectivity index (χ0v) is 13.1. The van der Waals surface area contributed by atoms with E-state index in [2.05, 4.69) is 29.6 Å². The second-order valence-electron chi connectivity index (χ2n) is 5.84. The van der Waals surface area contributed by atoms with Crippen LogP contribution >= 0.6 is 0 Å². The predicted octanol–water partition coefficient (Wildman–Crippen LogP) is 2.50. The summed E-state index contributed by atoms with van der Waals surface area (Å²) in [6.07, 6.45) is 0.736. The number of hydrogen-bond donors (Lipinski definition) is 4. The Bertz CT molecular complexity index is 783. The fraction of sp³-hybridized carbons (Fsp3) is 0.211. The molecule has 0 saturated heterocycles. The quantitative estimate of drug-likeness (QED) is 0.478. The first-order chi connectivity index (χ1) is 11.7. The largest absolute Gasteiger partial charge is 0.504 e. The zero-order valence-electron chi connectivity index (χ0n) is 13.1. The first-order valence-corrected chi connectivity index (χ1v) is 7.77. The van der Waals surface area contributed by atoms with E-state index in [1.165, 1.54) is 16.7 Å². The molecule has 0 fully saturated rings. The molecule has 0 bridgehead atoms. The third kappa shape index (κ3) is 2.74. The average Bonchev–Trinajstić information content (AvgIpc) is 3.09. The molecule has 0 radical (unpaired) electrons. The number of carbonyl (C=O) groups is 1. The van der Waals surface area contributed by atoms with Crippen molar-refractivity contribution in [3.05, 3.63) is 64.7 Å². The lowest BCUT2D eigenvalue weighted by atomic mass is 9.76. The maximum atomic E-state index is 10.2. The van der Waals surface area contributed by atoms with Crippen LogP contribution in [0, 0.1) is 0 Å². The van der Waals surface area contributed by atoms with Crippen molar-refractivity contribution in [1.29, 1.82) is 0 Å². The molecule has 0 aromatic heterocycles. The van der Waals surface area contributed by atoms with Gasteiger partial charge in [0.15, 0.2) is 11.5 Å². The fourth-order valence-electron chi connectivity index (χ4n) is 3.59. The van der Waals surface area contributed by atoms with Gasteiger partial charge in [0.25, 0.3) is 6.47 Å². The van der Waals surface area contributed by atoms with Gasteiger partial charge in [-0.2, -0.15) is 0 Å². The topological polar surface area (TPSA) is 89.8 Å². The zero-order chi connectivity index (χ0) is 17.1. The van der Waals surface area contributed by atoms with Crippen molar-refractivity contribution in [2.45, 2.75) is 12.3 Å². The van der Waals surface area contributed by atoms with Crippen LogP contribution in [0.5, 0.6) is 11.5 Å². The van der Waals surface area contributed by atoms with E-state index in [9.17, 15) is 10.2 Å². The number of phenols is 2. The summed E-state index contributed by atoms with van der Waals surface area (Å²) in [5.74, 6) is 0.277. The molecule has 2 aromatic carbocycles. The molecule has 4 N–H and O–H groups in total. The monoisotopic (exact) mass is 325 g/mol. The van der Waals surface area contributed by atoms with Crippen molar-refractivity contribution in [1.82, 2.24) is 5.32 Å². The average molecular weight is 325 g/mol. The number of nitrogens with one attached hydrogen (secondary N) is 1. The van der Waals surface area contributed by atoms with Gasteiger partial charge in [-0.3, -0.25) is 4.79 Å². The Morgan fingerprint density at radius 3 is 2.46 bits per heavy atom. The number of carboxylic acid groups (broad SMARTS) is 1. The van der Waals surface area contributed by atoms with Crippen LogP contribution in [0.1, 0.15) is 22.6 Å². The van der Waals surface area contributed by atoms with E-state index in [0.29, 0.717) is 0 Å². The summed E-state index contributed by atoms with van der Waals surface area (Å²) in [4.78, 5) is 8.36. The molecule has 24 heavy (non-hydrogen) atoms.